The van der Waals surface area contributed by atoms with Gasteiger partial charge in [0.2, 0.25) is 0 Å². The minimum atomic E-state index is -1.06. The first-order chi connectivity index (χ1) is 11.9. The molecule has 1 N–H and O–H groups in total. The van der Waals surface area contributed by atoms with Crippen LogP contribution in [0.2, 0.25) is 0 Å². The van der Waals surface area contributed by atoms with Crippen molar-refractivity contribution in [2.45, 2.75) is 19.0 Å². The molecule has 2 aromatic rings. The van der Waals surface area contributed by atoms with E-state index in [4.69, 9.17) is 0 Å². The fraction of sp³-hybridized carbons (Fsp3) is 0.263. The van der Waals surface area contributed by atoms with E-state index in [0.29, 0.717) is 6.54 Å². The molecule has 1 aliphatic heterocycles. The van der Waals surface area contributed by atoms with Crippen molar-refractivity contribution in [3.05, 3.63) is 71.5 Å². The lowest BCUT2D eigenvalue weighted by atomic mass is 9.92. The zero-order valence-corrected chi connectivity index (χ0v) is 14.2. The molecular formula is C19H20FN3O2. The predicted octanol–water partition coefficient (Wildman–Crippen LogP) is 2.68. The highest BCUT2D eigenvalue weighted by Gasteiger charge is 2.49. The smallest absolute Gasteiger partial charge is 0.319 e. The van der Waals surface area contributed by atoms with Gasteiger partial charge in [-0.3, -0.25) is 9.69 Å². The molecule has 1 saturated heterocycles. The average molecular weight is 341 g/mol. The first-order valence-corrected chi connectivity index (χ1v) is 8.03. The van der Waals surface area contributed by atoms with E-state index < -0.39 is 11.6 Å². The number of benzene rings is 2. The average Bonchev–Trinajstić information content (AvgIpc) is 2.82. The SMILES string of the molecule is CN(Cc1ccc(F)cc1)CN1C(=O)N[C@](C)(c2ccccc2)C1=O. The van der Waals surface area contributed by atoms with Crippen LogP contribution < -0.4 is 5.32 Å². The Balaban J connectivity index is 1.71. The van der Waals surface area contributed by atoms with Gasteiger partial charge < -0.3 is 5.32 Å². The third-order valence-electron chi connectivity index (χ3n) is 4.37. The quantitative estimate of drug-likeness (QED) is 0.851. The number of nitrogens with one attached hydrogen (secondary N) is 1. The topological polar surface area (TPSA) is 52.6 Å². The largest absolute Gasteiger partial charge is 0.326 e. The third-order valence-corrected chi connectivity index (χ3v) is 4.37. The molecule has 1 fully saturated rings. The third kappa shape index (κ3) is 3.39. The summed E-state index contributed by atoms with van der Waals surface area (Å²) in [5, 5.41) is 2.78. The highest BCUT2D eigenvalue weighted by atomic mass is 19.1. The summed E-state index contributed by atoms with van der Waals surface area (Å²) in [5.74, 6) is -0.575. The van der Waals surface area contributed by atoms with Gasteiger partial charge in [0.25, 0.3) is 5.91 Å². The van der Waals surface area contributed by atoms with E-state index in [0.717, 1.165) is 11.1 Å². The molecule has 0 bridgehead atoms. The fourth-order valence-corrected chi connectivity index (χ4v) is 2.99. The molecule has 0 aromatic heterocycles. The molecule has 1 aliphatic rings. The molecule has 2 aromatic carbocycles. The van der Waals surface area contributed by atoms with Crippen molar-refractivity contribution in [3.63, 3.8) is 0 Å². The zero-order valence-electron chi connectivity index (χ0n) is 14.2. The van der Waals surface area contributed by atoms with Crippen LogP contribution in [0.5, 0.6) is 0 Å². The number of carbonyl (C=O) groups excluding carboxylic acids is 2. The maximum absolute atomic E-state index is 13.0. The van der Waals surface area contributed by atoms with Crippen LogP contribution in [0.25, 0.3) is 0 Å². The fourth-order valence-electron chi connectivity index (χ4n) is 2.99. The second-order valence-electron chi connectivity index (χ2n) is 6.44. The molecule has 1 atom stereocenters. The van der Waals surface area contributed by atoms with Crippen LogP contribution in [0.1, 0.15) is 18.1 Å². The minimum Gasteiger partial charge on any atom is -0.319 e. The lowest BCUT2D eigenvalue weighted by Crippen LogP contribution is -2.42. The summed E-state index contributed by atoms with van der Waals surface area (Å²) in [6.07, 6.45) is 0. The number of nitrogens with zero attached hydrogens (tertiary/aromatic N) is 2. The lowest BCUT2D eigenvalue weighted by Gasteiger charge is -2.24. The molecular weight excluding hydrogens is 321 g/mol. The van der Waals surface area contributed by atoms with Crippen molar-refractivity contribution in [1.82, 2.24) is 15.1 Å². The van der Waals surface area contributed by atoms with Crippen LogP contribution in [0.3, 0.4) is 0 Å². The standard InChI is InChI=1S/C19H20FN3O2/c1-19(15-6-4-3-5-7-15)17(24)23(18(25)21-19)13-22(2)12-14-8-10-16(20)11-9-14/h3-11H,12-13H2,1-2H3,(H,21,25)/t19-/m1/s1. The molecule has 5 nitrogen and oxygen atoms in total. The summed E-state index contributed by atoms with van der Waals surface area (Å²) in [7, 11) is 1.81. The summed E-state index contributed by atoms with van der Waals surface area (Å²) in [5.41, 5.74) is 0.591. The summed E-state index contributed by atoms with van der Waals surface area (Å²) in [6, 6.07) is 14.9. The Morgan fingerprint density at radius 3 is 2.36 bits per heavy atom. The van der Waals surface area contributed by atoms with Crippen LogP contribution >= 0.6 is 0 Å². The van der Waals surface area contributed by atoms with E-state index in [2.05, 4.69) is 5.32 Å². The molecule has 0 spiro atoms. The van der Waals surface area contributed by atoms with Crippen molar-refractivity contribution in [1.29, 1.82) is 0 Å². The van der Waals surface area contributed by atoms with Crippen molar-refractivity contribution >= 4 is 11.9 Å². The molecule has 3 rings (SSSR count). The highest BCUT2D eigenvalue weighted by molar-refractivity contribution is 6.07. The van der Waals surface area contributed by atoms with Crippen LogP contribution in [-0.2, 0) is 16.9 Å². The summed E-state index contributed by atoms with van der Waals surface area (Å²) in [4.78, 5) is 28.2. The first kappa shape index (κ1) is 17.1. The van der Waals surface area contributed by atoms with E-state index >= 15 is 0 Å². The van der Waals surface area contributed by atoms with Crippen molar-refractivity contribution < 1.29 is 14.0 Å². The van der Waals surface area contributed by atoms with Crippen LogP contribution in [0, 0.1) is 5.82 Å². The van der Waals surface area contributed by atoms with Crippen LogP contribution in [0.4, 0.5) is 9.18 Å². The Kier molecular flexibility index (Phi) is 4.55. The number of hydrogen-bond donors (Lipinski definition) is 1. The second kappa shape index (κ2) is 6.64. The second-order valence-corrected chi connectivity index (χ2v) is 6.44. The minimum absolute atomic E-state index is 0.157. The zero-order chi connectivity index (χ0) is 18.0. The van der Waals surface area contributed by atoms with Crippen molar-refractivity contribution in [2.75, 3.05) is 13.7 Å². The van der Waals surface area contributed by atoms with Gasteiger partial charge in [-0.15, -0.1) is 0 Å². The van der Waals surface area contributed by atoms with Crippen molar-refractivity contribution in [2.24, 2.45) is 0 Å². The van der Waals surface area contributed by atoms with Gasteiger partial charge in [-0.05, 0) is 37.2 Å². The molecule has 0 unspecified atom stereocenters. The highest BCUT2D eigenvalue weighted by Crippen LogP contribution is 2.28. The van der Waals surface area contributed by atoms with Crippen molar-refractivity contribution in [3.8, 4) is 0 Å². The van der Waals surface area contributed by atoms with Gasteiger partial charge >= 0.3 is 6.03 Å². The first-order valence-electron chi connectivity index (χ1n) is 8.03. The van der Waals surface area contributed by atoms with E-state index in [1.165, 1.54) is 17.0 Å². The van der Waals surface area contributed by atoms with E-state index in [1.54, 1.807) is 19.1 Å². The number of amides is 3. The maximum Gasteiger partial charge on any atom is 0.326 e. The van der Waals surface area contributed by atoms with Gasteiger partial charge in [0.1, 0.15) is 11.4 Å². The van der Waals surface area contributed by atoms with Crippen LogP contribution in [-0.4, -0.2) is 35.5 Å². The van der Waals surface area contributed by atoms with Gasteiger partial charge in [-0.2, -0.15) is 0 Å². The van der Waals surface area contributed by atoms with E-state index in [9.17, 15) is 14.0 Å². The summed E-state index contributed by atoms with van der Waals surface area (Å²) >= 11 is 0. The molecule has 0 radical (unpaired) electrons. The number of imide groups is 1. The summed E-state index contributed by atoms with van der Waals surface area (Å²) < 4.78 is 13.0. The number of halogens is 1. The van der Waals surface area contributed by atoms with Gasteiger partial charge in [0.15, 0.2) is 0 Å². The maximum atomic E-state index is 13.0. The monoisotopic (exact) mass is 341 g/mol. The number of rotatable bonds is 5. The number of hydrogen-bond acceptors (Lipinski definition) is 3. The van der Waals surface area contributed by atoms with Gasteiger partial charge in [-0.1, -0.05) is 42.5 Å². The normalized spacial score (nSPS) is 20.2. The molecule has 25 heavy (non-hydrogen) atoms. The number of carbonyl (C=O) groups is 2. The van der Waals surface area contributed by atoms with Gasteiger partial charge in [0.05, 0.1) is 6.67 Å². The predicted molar refractivity (Wildman–Crippen MR) is 91.9 cm³/mol. The van der Waals surface area contributed by atoms with Gasteiger partial charge in [-0.25, -0.2) is 14.1 Å². The molecule has 0 aliphatic carbocycles. The van der Waals surface area contributed by atoms with E-state index in [1.807, 2.05) is 42.3 Å². The molecule has 3 amide bonds. The molecule has 6 heteroatoms. The summed E-state index contributed by atoms with van der Waals surface area (Å²) in [6.45, 7) is 2.37. The Bertz CT molecular complexity index is 779. The lowest BCUT2D eigenvalue weighted by molar-refractivity contribution is -0.132. The van der Waals surface area contributed by atoms with E-state index in [-0.39, 0.29) is 18.4 Å². The molecule has 1 heterocycles. The Morgan fingerprint density at radius 1 is 1.08 bits per heavy atom. The Morgan fingerprint density at radius 2 is 1.72 bits per heavy atom. The number of urea groups is 1. The molecule has 130 valence electrons. The van der Waals surface area contributed by atoms with Crippen LogP contribution in [0.15, 0.2) is 54.6 Å². The Hall–Kier alpha value is -2.73. The van der Waals surface area contributed by atoms with Gasteiger partial charge in [0, 0.05) is 6.54 Å². The molecule has 0 saturated carbocycles. The Labute approximate surface area is 146 Å².